The molecule has 0 aliphatic carbocycles. The number of benzene rings is 2. The van der Waals surface area contributed by atoms with Crippen molar-refractivity contribution in [2.24, 2.45) is 0 Å². The van der Waals surface area contributed by atoms with E-state index in [4.69, 9.17) is 9.47 Å². The van der Waals surface area contributed by atoms with Gasteiger partial charge in [-0.05, 0) is 67.1 Å². The molecule has 1 fully saturated rings. The number of hydrogen-bond donors (Lipinski definition) is 1. The lowest BCUT2D eigenvalue weighted by Crippen LogP contribution is -2.47. The summed E-state index contributed by atoms with van der Waals surface area (Å²) >= 11 is 0. The zero-order chi connectivity index (χ0) is 23.1. The molecule has 172 valence electrons. The van der Waals surface area contributed by atoms with Crippen LogP contribution in [0.2, 0.25) is 0 Å². The molecule has 1 aliphatic heterocycles. The summed E-state index contributed by atoms with van der Waals surface area (Å²) in [6.07, 6.45) is 1.47. The van der Waals surface area contributed by atoms with Crippen LogP contribution in [0, 0.1) is 0 Å². The highest BCUT2D eigenvalue weighted by Crippen LogP contribution is 2.23. The predicted octanol–water partition coefficient (Wildman–Crippen LogP) is 4.18. The van der Waals surface area contributed by atoms with Crippen LogP contribution in [0.1, 0.15) is 56.5 Å². The van der Waals surface area contributed by atoms with E-state index in [1.54, 1.807) is 12.1 Å². The van der Waals surface area contributed by atoms with Crippen LogP contribution in [0.4, 0.5) is 0 Å². The lowest BCUT2D eigenvalue weighted by Gasteiger charge is -2.32. The van der Waals surface area contributed by atoms with E-state index in [1.165, 1.54) is 5.56 Å². The van der Waals surface area contributed by atoms with Gasteiger partial charge in [-0.15, -0.1) is 0 Å². The number of ether oxygens (including phenoxy) is 2. The van der Waals surface area contributed by atoms with Crippen molar-refractivity contribution in [3.8, 4) is 11.5 Å². The minimum absolute atomic E-state index is 0.0345. The summed E-state index contributed by atoms with van der Waals surface area (Å²) in [7, 11) is 0. The fourth-order valence-electron chi connectivity index (χ4n) is 3.74. The zero-order valence-electron chi connectivity index (χ0n) is 19.5. The average Bonchev–Trinajstić information content (AvgIpc) is 2.78. The normalized spacial score (nSPS) is 14.7. The molecule has 0 atom stereocenters. The summed E-state index contributed by atoms with van der Waals surface area (Å²) < 4.78 is 11.0. The number of rotatable bonds is 7. The van der Waals surface area contributed by atoms with Gasteiger partial charge in [0.15, 0.2) is 6.61 Å². The Morgan fingerprint density at radius 3 is 2.03 bits per heavy atom. The van der Waals surface area contributed by atoms with Crippen LogP contribution in [0.3, 0.4) is 0 Å². The van der Waals surface area contributed by atoms with Gasteiger partial charge in [0.1, 0.15) is 11.5 Å². The summed E-state index contributed by atoms with van der Waals surface area (Å²) in [4.78, 5) is 27.0. The summed E-state index contributed by atoms with van der Waals surface area (Å²) in [5, 5.41) is 3.02. The van der Waals surface area contributed by atoms with E-state index in [0.717, 1.165) is 18.6 Å². The molecule has 2 amide bonds. The van der Waals surface area contributed by atoms with Gasteiger partial charge in [-0.1, -0.05) is 32.9 Å². The number of likely N-dealkylation sites (tertiary alicyclic amines) is 1. The second-order valence-electron chi connectivity index (χ2n) is 9.15. The largest absolute Gasteiger partial charge is 0.494 e. The quantitative estimate of drug-likeness (QED) is 0.704. The molecule has 6 nitrogen and oxygen atoms in total. The highest BCUT2D eigenvalue weighted by atomic mass is 16.5. The fourth-order valence-corrected chi connectivity index (χ4v) is 3.74. The third kappa shape index (κ3) is 6.49. The maximum atomic E-state index is 12.8. The maximum Gasteiger partial charge on any atom is 0.258 e. The molecule has 0 unspecified atom stereocenters. The molecule has 1 aliphatic rings. The monoisotopic (exact) mass is 438 g/mol. The van der Waals surface area contributed by atoms with E-state index in [0.29, 0.717) is 31.0 Å². The molecular formula is C26H34N2O4. The first-order chi connectivity index (χ1) is 15.3. The molecular weight excluding hydrogens is 404 g/mol. The fraction of sp³-hybridized carbons (Fsp3) is 0.462. The summed E-state index contributed by atoms with van der Waals surface area (Å²) in [6.45, 7) is 10.2. The van der Waals surface area contributed by atoms with Crippen LogP contribution in [-0.2, 0) is 10.2 Å². The number of carbonyl (C=O) groups is 2. The number of piperidine rings is 1. The van der Waals surface area contributed by atoms with Crippen LogP contribution in [0.5, 0.6) is 11.5 Å². The van der Waals surface area contributed by atoms with E-state index in [2.05, 4.69) is 26.1 Å². The Bertz CT molecular complexity index is 893. The predicted molar refractivity (Wildman–Crippen MR) is 125 cm³/mol. The van der Waals surface area contributed by atoms with Crippen molar-refractivity contribution in [2.45, 2.75) is 52.0 Å². The van der Waals surface area contributed by atoms with Gasteiger partial charge < -0.3 is 19.7 Å². The number of carbonyl (C=O) groups excluding carboxylic acids is 2. The van der Waals surface area contributed by atoms with Crippen molar-refractivity contribution in [3.05, 3.63) is 59.7 Å². The number of nitrogens with zero attached hydrogens (tertiary/aromatic N) is 1. The molecule has 0 aromatic heterocycles. The molecule has 6 heteroatoms. The van der Waals surface area contributed by atoms with Crippen LogP contribution in [-0.4, -0.2) is 49.1 Å². The second-order valence-corrected chi connectivity index (χ2v) is 9.15. The first kappa shape index (κ1) is 23.6. The minimum atomic E-state index is -0.151. The lowest BCUT2D eigenvalue weighted by molar-refractivity contribution is -0.124. The Labute approximate surface area is 190 Å². The van der Waals surface area contributed by atoms with Crippen molar-refractivity contribution >= 4 is 11.8 Å². The molecule has 0 spiro atoms. The number of amides is 2. The van der Waals surface area contributed by atoms with Crippen LogP contribution in [0.25, 0.3) is 0 Å². The molecule has 2 aromatic carbocycles. The van der Waals surface area contributed by atoms with Crippen molar-refractivity contribution in [3.63, 3.8) is 0 Å². The first-order valence-corrected chi connectivity index (χ1v) is 11.3. The molecule has 2 aromatic rings. The van der Waals surface area contributed by atoms with E-state index in [1.807, 2.05) is 48.2 Å². The zero-order valence-corrected chi connectivity index (χ0v) is 19.5. The van der Waals surface area contributed by atoms with Gasteiger partial charge in [0.05, 0.1) is 6.61 Å². The van der Waals surface area contributed by atoms with Crippen LogP contribution >= 0.6 is 0 Å². The standard InChI is InChI=1S/C26H34N2O4/c1-5-31-22-10-12-23(13-11-22)32-18-24(29)27-21-14-16-28(17-15-21)25(30)19-6-8-20(9-7-19)26(2,3)4/h6-13,21H,5,14-18H2,1-4H3,(H,27,29). The number of hydrogen-bond acceptors (Lipinski definition) is 4. The van der Waals surface area contributed by atoms with Gasteiger partial charge in [-0.3, -0.25) is 9.59 Å². The molecule has 1 N–H and O–H groups in total. The van der Waals surface area contributed by atoms with Crippen molar-refractivity contribution < 1.29 is 19.1 Å². The van der Waals surface area contributed by atoms with Gasteiger partial charge in [-0.2, -0.15) is 0 Å². The third-order valence-electron chi connectivity index (χ3n) is 5.65. The molecule has 0 radical (unpaired) electrons. The summed E-state index contributed by atoms with van der Waals surface area (Å²) in [5.41, 5.74) is 1.99. The Balaban J connectivity index is 1.42. The molecule has 1 heterocycles. The van der Waals surface area contributed by atoms with E-state index >= 15 is 0 Å². The highest BCUT2D eigenvalue weighted by molar-refractivity contribution is 5.94. The SMILES string of the molecule is CCOc1ccc(OCC(=O)NC2CCN(C(=O)c3ccc(C(C)(C)C)cc3)CC2)cc1. The Hall–Kier alpha value is -3.02. The lowest BCUT2D eigenvalue weighted by atomic mass is 9.86. The van der Waals surface area contributed by atoms with Gasteiger partial charge in [-0.25, -0.2) is 0 Å². The molecule has 1 saturated heterocycles. The van der Waals surface area contributed by atoms with Crippen molar-refractivity contribution in [1.82, 2.24) is 10.2 Å². The van der Waals surface area contributed by atoms with Crippen molar-refractivity contribution in [2.75, 3.05) is 26.3 Å². The van der Waals surface area contributed by atoms with Gasteiger partial charge >= 0.3 is 0 Å². The van der Waals surface area contributed by atoms with Gasteiger partial charge in [0.25, 0.3) is 11.8 Å². The van der Waals surface area contributed by atoms with Crippen molar-refractivity contribution in [1.29, 1.82) is 0 Å². The molecule has 0 saturated carbocycles. The first-order valence-electron chi connectivity index (χ1n) is 11.3. The van der Waals surface area contributed by atoms with Crippen LogP contribution < -0.4 is 14.8 Å². The van der Waals surface area contributed by atoms with E-state index in [-0.39, 0.29) is 29.9 Å². The summed E-state index contributed by atoms with van der Waals surface area (Å²) in [5.74, 6) is 1.30. The van der Waals surface area contributed by atoms with E-state index < -0.39 is 0 Å². The second kappa shape index (κ2) is 10.5. The Morgan fingerprint density at radius 1 is 0.938 bits per heavy atom. The molecule has 3 rings (SSSR count). The maximum absolute atomic E-state index is 12.8. The smallest absolute Gasteiger partial charge is 0.258 e. The highest BCUT2D eigenvalue weighted by Gasteiger charge is 2.25. The topological polar surface area (TPSA) is 67.9 Å². The Kier molecular flexibility index (Phi) is 7.78. The third-order valence-corrected chi connectivity index (χ3v) is 5.65. The molecule has 0 bridgehead atoms. The van der Waals surface area contributed by atoms with Crippen LogP contribution in [0.15, 0.2) is 48.5 Å². The number of nitrogens with one attached hydrogen (secondary N) is 1. The van der Waals surface area contributed by atoms with Gasteiger partial charge in [0.2, 0.25) is 0 Å². The van der Waals surface area contributed by atoms with Gasteiger partial charge in [0, 0.05) is 24.7 Å². The Morgan fingerprint density at radius 2 is 1.50 bits per heavy atom. The summed E-state index contributed by atoms with van der Waals surface area (Å²) in [6, 6.07) is 15.2. The minimum Gasteiger partial charge on any atom is -0.494 e. The molecule has 32 heavy (non-hydrogen) atoms. The van der Waals surface area contributed by atoms with E-state index in [9.17, 15) is 9.59 Å². The average molecular weight is 439 g/mol.